The van der Waals surface area contributed by atoms with Gasteiger partial charge in [-0.15, -0.1) is 0 Å². The summed E-state index contributed by atoms with van der Waals surface area (Å²) in [6.45, 7) is 0. The number of nitrogens with zero attached hydrogens (tertiary/aromatic N) is 2. The van der Waals surface area contributed by atoms with E-state index in [1.807, 2.05) is 0 Å². The molecule has 0 saturated heterocycles. The highest BCUT2D eigenvalue weighted by atomic mass is 15.1. The zero-order valence-electron chi connectivity index (χ0n) is 50.8. The van der Waals surface area contributed by atoms with Crippen LogP contribution in [0.1, 0.15) is 0 Å². The lowest BCUT2D eigenvalue weighted by molar-refractivity contribution is 1.28. The first-order valence-electron chi connectivity index (χ1n) is 31.5. The van der Waals surface area contributed by atoms with E-state index >= 15 is 0 Å². The van der Waals surface area contributed by atoms with Crippen molar-refractivity contribution in [3.05, 3.63) is 388 Å². The molecule has 15 aromatic carbocycles. The third-order valence-corrected chi connectivity index (χ3v) is 17.6. The monoisotopic (exact) mass is 1170 g/mol. The first-order valence-corrected chi connectivity index (χ1v) is 31.5. The highest BCUT2D eigenvalue weighted by Crippen LogP contribution is 2.41. The number of rotatable bonds is 16. The van der Waals surface area contributed by atoms with Gasteiger partial charge in [0, 0.05) is 34.1 Å². The van der Waals surface area contributed by atoms with Crippen LogP contribution in [0, 0.1) is 0 Å². The van der Waals surface area contributed by atoms with Gasteiger partial charge in [-0.3, -0.25) is 0 Å². The molecule has 0 bridgehead atoms. The molecule has 0 fully saturated rings. The van der Waals surface area contributed by atoms with Gasteiger partial charge in [-0.05, 0) is 184 Å². The average Bonchev–Trinajstić information content (AvgIpc) is 3.00. The lowest BCUT2D eigenvalue weighted by Crippen LogP contribution is -2.09. The fourth-order valence-electron chi connectivity index (χ4n) is 12.5. The van der Waals surface area contributed by atoms with E-state index in [2.05, 4.69) is 398 Å². The Bertz CT molecular complexity index is 4540. The summed E-state index contributed by atoms with van der Waals surface area (Å²) in [5.74, 6) is 0. The highest BCUT2D eigenvalue weighted by Gasteiger charge is 2.17. The van der Waals surface area contributed by atoms with E-state index < -0.39 is 0 Å². The van der Waals surface area contributed by atoms with Crippen molar-refractivity contribution in [2.24, 2.45) is 0 Å². The van der Waals surface area contributed by atoms with Gasteiger partial charge < -0.3 is 9.80 Å². The van der Waals surface area contributed by atoms with E-state index in [0.29, 0.717) is 0 Å². The van der Waals surface area contributed by atoms with Crippen molar-refractivity contribution < 1.29 is 0 Å². The second-order valence-electron chi connectivity index (χ2n) is 23.3. The first kappa shape index (κ1) is 56.4. The fraction of sp³-hybridized carbons (Fsp3) is 0. The molecule has 0 unspecified atom stereocenters. The summed E-state index contributed by atoms with van der Waals surface area (Å²) in [5.41, 5.74) is 30.3. The standard InChI is InChI=1S/C90H64N2/c1-5-13-65(14-6-1)69-21-25-71(26-22-69)73-29-33-75(34-30-73)81-45-57-87(58-46-81)91(85-53-41-79(42-54-85)67-17-9-3-10-18-67)89-61-49-83(50-62-89)77-37-39-78(40-38-77)84-51-63-90(64-52-84)92(86-55-43-80(44-56-86)68-19-11-4-12-20-68)88-59-47-82(48-60-88)76-35-31-74(32-36-76)72-27-23-70(24-28-72)66-15-7-2-8-16-66/h1-64H. The van der Waals surface area contributed by atoms with E-state index in [4.69, 9.17) is 0 Å². The van der Waals surface area contributed by atoms with Crippen LogP contribution < -0.4 is 9.80 Å². The SMILES string of the molecule is c1ccc(-c2ccc(-c3ccc(-c4ccc(N(c5ccc(-c6ccccc6)cc5)c5ccc(-c6ccc(-c7ccc(N(c8ccc(-c9ccccc9)cc8)c8ccc(-c9ccc(-c%10ccc(-c%11ccccc%11)cc%10)cc9)cc8)cc7)cc6)cc5)cc4)cc3)cc2)cc1. The second-order valence-corrected chi connectivity index (χ2v) is 23.3. The third-order valence-electron chi connectivity index (χ3n) is 17.6. The number of benzene rings is 15. The van der Waals surface area contributed by atoms with Crippen LogP contribution >= 0.6 is 0 Å². The van der Waals surface area contributed by atoms with E-state index in [1.54, 1.807) is 0 Å². The molecule has 0 heterocycles. The Balaban J connectivity index is 0.663. The minimum atomic E-state index is 1.08. The van der Waals surface area contributed by atoms with Gasteiger partial charge in [0.05, 0.1) is 0 Å². The van der Waals surface area contributed by atoms with Gasteiger partial charge in [-0.2, -0.15) is 0 Å². The van der Waals surface area contributed by atoms with Crippen LogP contribution in [-0.2, 0) is 0 Å². The van der Waals surface area contributed by atoms with Crippen molar-refractivity contribution in [1.82, 2.24) is 0 Å². The van der Waals surface area contributed by atoms with Crippen molar-refractivity contribution >= 4 is 34.1 Å². The third kappa shape index (κ3) is 12.3. The normalized spacial score (nSPS) is 11.0. The van der Waals surface area contributed by atoms with Crippen molar-refractivity contribution in [2.75, 3.05) is 9.80 Å². The van der Waals surface area contributed by atoms with Crippen molar-refractivity contribution in [3.8, 4) is 111 Å². The molecule has 0 saturated carbocycles. The summed E-state index contributed by atoms with van der Waals surface area (Å²) in [5, 5.41) is 0. The summed E-state index contributed by atoms with van der Waals surface area (Å²) in [6, 6.07) is 140. The fourth-order valence-corrected chi connectivity index (χ4v) is 12.5. The molecule has 0 spiro atoms. The molecular formula is C90H64N2. The molecule has 15 aromatic rings. The molecule has 0 aliphatic rings. The van der Waals surface area contributed by atoms with Crippen LogP contribution in [0.3, 0.4) is 0 Å². The summed E-state index contributed by atoms with van der Waals surface area (Å²) >= 11 is 0. The predicted molar refractivity (Wildman–Crippen MR) is 390 cm³/mol. The molecule has 2 heteroatoms. The van der Waals surface area contributed by atoms with Gasteiger partial charge in [-0.1, -0.05) is 315 Å². The van der Waals surface area contributed by atoms with Gasteiger partial charge in [0.2, 0.25) is 0 Å². The van der Waals surface area contributed by atoms with Crippen molar-refractivity contribution in [1.29, 1.82) is 0 Å². The first-order chi connectivity index (χ1) is 45.6. The lowest BCUT2D eigenvalue weighted by Gasteiger charge is -2.26. The predicted octanol–water partition coefficient (Wildman–Crippen LogP) is 25.3. The molecule has 0 aromatic heterocycles. The van der Waals surface area contributed by atoms with Gasteiger partial charge in [0.25, 0.3) is 0 Å². The molecule has 15 rings (SSSR count). The maximum Gasteiger partial charge on any atom is 0.0462 e. The second kappa shape index (κ2) is 25.9. The maximum absolute atomic E-state index is 2.35. The zero-order chi connectivity index (χ0) is 61.4. The molecule has 0 radical (unpaired) electrons. The van der Waals surface area contributed by atoms with Gasteiger partial charge >= 0.3 is 0 Å². The summed E-state index contributed by atoms with van der Waals surface area (Å²) in [4.78, 5) is 4.69. The zero-order valence-corrected chi connectivity index (χ0v) is 50.8. The molecule has 0 N–H and O–H groups in total. The summed E-state index contributed by atoms with van der Waals surface area (Å²) in [6.07, 6.45) is 0. The number of anilines is 6. The largest absolute Gasteiger partial charge is 0.311 e. The Morgan fingerprint density at radius 3 is 0.283 bits per heavy atom. The minimum Gasteiger partial charge on any atom is -0.311 e. The van der Waals surface area contributed by atoms with Crippen molar-refractivity contribution in [2.45, 2.75) is 0 Å². The average molecular weight is 1170 g/mol. The molecule has 2 nitrogen and oxygen atoms in total. The van der Waals surface area contributed by atoms with Gasteiger partial charge in [0.15, 0.2) is 0 Å². The molecule has 92 heavy (non-hydrogen) atoms. The van der Waals surface area contributed by atoms with E-state index in [0.717, 1.165) is 56.4 Å². The van der Waals surface area contributed by atoms with Gasteiger partial charge in [-0.25, -0.2) is 0 Å². The molecule has 0 aliphatic carbocycles. The van der Waals surface area contributed by atoms with Crippen LogP contribution in [0.5, 0.6) is 0 Å². The van der Waals surface area contributed by atoms with Crippen LogP contribution in [-0.4, -0.2) is 0 Å². The molecule has 0 aliphatic heterocycles. The Morgan fingerprint density at radius 2 is 0.174 bits per heavy atom. The van der Waals surface area contributed by atoms with Crippen molar-refractivity contribution in [3.63, 3.8) is 0 Å². The molecule has 434 valence electrons. The quantitative estimate of drug-likeness (QED) is 0.0951. The topological polar surface area (TPSA) is 6.48 Å². The Morgan fingerprint density at radius 1 is 0.0870 bits per heavy atom. The van der Waals surface area contributed by atoms with Crippen LogP contribution in [0.4, 0.5) is 34.1 Å². The van der Waals surface area contributed by atoms with Crippen LogP contribution in [0.2, 0.25) is 0 Å². The Kier molecular flexibility index (Phi) is 15.9. The molecule has 0 atom stereocenters. The molecular weight excluding hydrogens is 1110 g/mol. The smallest absolute Gasteiger partial charge is 0.0462 e. The lowest BCUT2D eigenvalue weighted by atomic mass is 9.98. The maximum atomic E-state index is 2.35. The van der Waals surface area contributed by atoms with E-state index in [-0.39, 0.29) is 0 Å². The van der Waals surface area contributed by atoms with Gasteiger partial charge in [0.1, 0.15) is 0 Å². The van der Waals surface area contributed by atoms with Crippen LogP contribution in [0.25, 0.3) is 111 Å². The van der Waals surface area contributed by atoms with E-state index in [9.17, 15) is 0 Å². The Labute approximate surface area is 540 Å². The number of hydrogen-bond donors (Lipinski definition) is 0. The minimum absolute atomic E-state index is 1.08. The summed E-state index contributed by atoms with van der Waals surface area (Å²) in [7, 11) is 0. The van der Waals surface area contributed by atoms with Crippen LogP contribution in [0.15, 0.2) is 388 Å². The summed E-state index contributed by atoms with van der Waals surface area (Å²) < 4.78 is 0. The van der Waals surface area contributed by atoms with E-state index in [1.165, 1.54) is 89.0 Å². The number of hydrogen-bond acceptors (Lipinski definition) is 2. The highest BCUT2D eigenvalue weighted by molar-refractivity contribution is 5.85. The molecule has 0 amide bonds. The Hall–Kier alpha value is -12.1.